The van der Waals surface area contributed by atoms with E-state index in [1.807, 2.05) is 37.8 Å². The number of ketones is 1. The largest absolute Gasteiger partial charge is 0.357 e. The Labute approximate surface area is 199 Å². The van der Waals surface area contributed by atoms with Crippen molar-refractivity contribution in [3.63, 3.8) is 0 Å². The molecule has 0 saturated carbocycles. The SMILES string of the molecule is CN1CCC(N(C)c2cc(C(=O)Cc3cc4cc(-c5cnn(C)c5)cnc4cn3)ccn2)CC1. The van der Waals surface area contributed by atoms with Crippen LogP contribution in [0.25, 0.3) is 22.0 Å². The van der Waals surface area contributed by atoms with Gasteiger partial charge < -0.3 is 9.80 Å². The summed E-state index contributed by atoms with van der Waals surface area (Å²) >= 11 is 0. The average Bonchev–Trinajstić information content (AvgIpc) is 3.30. The highest BCUT2D eigenvalue weighted by molar-refractivity contribution is 5.98. The summed E-state index contributed by atoms with van der Waals surface area (Å²) in [6, 6.07) is 8.15. The smallest absolute Gasteiger partial charge is 0.169 e. The minimum Gasteiger partial charge on any atom is -0.357 e. The molecule has 4 aromatic heterocycles. The molecule has 0 atom stereocenters. The van der Waals surface area contributed by atoms with E-state index < -0.39 is 0 Å². The number of pyridine rings is 3. The number of Topliss-reactive ketones (excluding diaryl/α,β-unsaturated/α-hetero) is 1. The van der Waals surface area contributed by atoms with Crippen LogP contribution in [0.3, 0.4) is 0 Å². The summed E-state index contributed by atoms with van der Waals surface area (Å²) in [5.74, 6) is 0.876. The van der Waals surface area contributed by atoms with Gasteiger partial charge in [0.15, 0.2) is 5.78 Å². The zero-order valence-electron chi connectivity index (χ0n) is 19.8. The number of hydrogen-bond donors (Lipinski definition) is 0. The van der Waals surface area contributed by atoms with Crippen molar-refractivity contribution in [1.82, 2.24) is 29.6 Å². The van der Waals surface area contributed by atoms with Gasteiger partial charge in [0.2, 0.25) is 0 Å². The van der Waals surface area contributed by atoms with Crippen LogP contribution in [0.1, 0.15) is 28.9 Å². The summed E-state index contributed by atoms with van der Waals surface area (Å²) in [5, 5.41) is 5.19. The number of hydrogen-bond acceptors (Lipinski definition) is 7. The average molecular weight is 456 g/mol. The number of rotatable bonds is 6. The molecule has 1 fully saturated rings. The Morgan fingerprint density at radius 1 is 1.03 bits per heavy atom. The van der Waals surface area contributed by atoms with Gasteiger partial charge in [0.05, 0.1) is 24.3 Å². The topological polar surface area (TPSA) is 80.0 Å². The Hall–Kier alpha value is -3.65. The molecule has 1 saturated heterocycles. The summed E-state index contributed by atoms with van der Waals surface area (Å²) in [6.45, 7) is 2.16. The second-order valence-corrected chi connectivity index (χ2v) is 9.14. The zero-order chi connectivity index (χ0) is 23.7. The van der Waals surface area contributed by atoms with E-state index in [-0.39, 0.29) is 12.2 Å². The number of anilines is 1. The highest BCUT2D eigenvalue weighted by Gasteiger charge is 2.22. The fourth-order valence-corrected chi connectivity index (χ4v) is 4.52. The maximum absolute atomic E-state index is 13.1. The predicted octanol–water partition coefficient (Wildman–Crippen LogP) is 3.38. The minimum atomic E-state index is 0.0312. The molecule has 5 rings (SSSR count). The van der Waals surface area contributed by atoms with E-state index in [1.54, 1.807) is 23.1 Å². The van der Waals surface area contributed by atoms with Gasteiger partial charge in [0, 0.05) is 66.5 Å². The molecule has 0 spiro atoms. The molecule has 8 nitrogen and oxygen atoms in total. The third-order valence-electron chi connectivity index (χ3n) is 6.67. The first-order chi connectivity index (χ1) is 16.5. The molecule has 5 heterocycles. The van der Waals surface area contributed by atoms with Crippen LogP contribution in [-0.2, 0) is 13.5 Å². The van der Waals surface area contributed by atoms with Gasteiger partial charge in [-0.3, -0.25) is 19.4 Å². The van der Waals surface area contributed by atoms with E-state index in [1.165, 1.54) is 0 Å². The van der Waals surface area contributed by atoms with Gasteiger partial charge in [-0.05, 0) is 57.2 Å². The van der Waals surface area contributed by atoms with E-state index in [0.29, 0.717) is 11.6 Å². The Bertz CT molecular complexity index is 1320. The van der Waals surface area contributed by atoms with E-state index >= 15 is 0 Å². The van der Waals surface area contributed by atoms with Crippen molar-refractivity contribution in [3.05, 3.63) is 66.5 Å². The first-order valence-electron chi connectivity index (χ1n) is 11.6. The van der Waals surface area contributed by atoms with E-state index in [2.05, 4.69) is 50.0 Å². The van der Waals surface area contributed by atoms with Crippen LogP contribution in [0.15, 0.2) is 55.2 Å². The zero-order valence-corrected chi connectivity index (χ0v) is 19.8. The quantitative estimate of drug-likeness (QED) is 0.412. The Balaban J connectivity index is 1.33. The molecule has 0 bridgehead atoms. The lowest BCUT2D eigenvalue weighted by atomic mass is 10.0. The molecule has 1 aliphatic rings. The van der Waals surface area contributed by atoms with Gasteiger partial charge in [-0.1, -0.05) is 0 Å². The number of nitrogens with zero attached hydrogens (tertiary/aromatic N) is 7. The van der Waals surface area contributed by atoms with Gasteiger partial charge in [0.25, 0.3) is 0 Å². The lowest BCUT2D eigenvalue weighted by Gasteiger charge is -2.35. The molecule has 0 amide bonds. The van der Waals surface area contributed by atoms with Crippen LogP contribution in [0.4, 0.5) is 5.82 Å². The lowest BCUT2D eigenvalue weighted by Crippen LogP contribution is -2.42. The second kappa shape index (κ2) is 9.30. The summed E-state index contributed by atoms with van der Waals surface area (Å²) in [7, 11) is 6.12. The number of carbonyl (C=O) groups excluding carboxylic acids is 1. The first-order valence-corrected chi connectivity index (χ1v) is 11.6. The van der Waals surface area contributed by atoms with Crippen LogP contribution in [0.2, 0.25) is 0 Å². The van der Waals surface area contributed by atoms with Gasteiger partial charge in [-0.15, -0.1) is 0 Å². The van der Waals surface area contributed by atoms with Crippen molar-refractivity contribution >= 4 is 22.5 Å². The molecule has 34 heavy (non-hydrogen) atoms. The summed E-state index contributed by atoms with van der Waals surface area (Å²) in [6.07, 6.45) is 11.5. The first kappa shape index (κ1) is 22.2. The molecule has 174 valence electrons. The highest BCUT2D eigenvalue weighted by Crippen LogP contribution is 2.24. The lowest BCUT2D eigenvalue weighted by molar-refractivity contribution is 0.0992. The fraction of sp³-hybridized carbons (Fsp3) is 0.346. The number of aryl methyl sites for hydroxylation is 1. The molecule has 1 aliphatic heterocycles. The Morgan fingerprint density at radius 3 is 2.62 bits per heavy atom. The van der Waals surface area contributed by atoms with E-state index in [4.69, 9.17) is 0 Å². The number of likely N-dealkylation sites (tertiary alicyclic amines) is 1. The predicted molar refractivity (Wildman–Crippen MR) is 133 cm³/mol. The van der Waals surface area contributed by atoms with Gasteiger partial charge in [-0.25, -0.2) is 4.98 Å². The van der Waals surface area contributed by atoms with Crippen molar-refractivity contribution in [3.8, 4) is 11.1 Å². The third-order valence-corrected chi connectivity index (χ3v) is 6.67. The van der Waals surface area contributed by atoms with Gasteiger partial charge in [0.1, 0.15) is 5.82 Å². The monoisotopic (exact) mass is 455 g/mol. The van der Waals surface area contributed by atoms with Crippen molar-refractivity contribution in [1.29, 1.82) is 0 Å². The van der Waals surface area contributed by atoms with Crippen molar-refractivity contribution in [2.24, 2.45) is 7.05 Å². The Kier molecular flexibility index (Phi) is 6.06. The molecule has 0 unspecified atom stereocenters. The van der Waals surface area contributed by atoms with Crippen molar-refractivity contribution in [2.75, 3.05) is 32.1 Å². The molecular formula is C26H29N7O. The molecular weight excluding hydrogens is 426 g/mol. The number of fused-ring (bicyclic) bond motifs is 1. The number of aromatic nitrogens is 5. The maximum atomic E-state index is 13.1. The molecule has 0 aromatic carbocycles. The standard InChI is InChI=1S/C26H29N7O/c1-31-8-5-23(6-9-31)33(3)26-12-18(4-7-27-26)25(34)13-22-11-19-10-20(14-29-24(19)16-28-22)21-15-30-32(2)17-21/h4,7,10-12,14-17,23H,5-6,8-9,13H2,1-3H3. The van der Waals surface area contributed by atoms with Crippen LogP contribution in [0.5, 0.6) is 0 Å². The van der Waals surface area contributed by atoms with Crippen molar-refractivity contribution < 1.29 is 4.79 Å². The Morgan fingerprint density at radius 2 is 1.85 bits per heavy atom. The normalized spacial score (nSPS) is 15.0. The van der Waals surface area contributed by atoms with E-state index in [9.17, 15) is 4.79 Å². The molecule has 0 N–H and O–H groups in total. The van der Waals surface area contributed by atoms with Crippen LogP contribution >= 0.6 is 0 Å². The van der Waals surface area contributed by atoms with Crippen molar-refractivity contribution in [2.45, 2.75) is 25.3 Å². The van der Waals surface area contributed by atoms with Crippen LogP contribution in [0, 0.1) is 0 Å². The van der Waals surface area contributed by atoms with E-state index in [0.717, 1.165) is 59.5 Å². The molecule has 0 aliphatic carbocycles. The second-order valence-electron chi connectivity index (χ2n) is 9.14. The van der Waals surface area contributed by atoms with Gasteiger partial charge in [-0.2, -0.15) is 5.10 Å². The minimum absolute atomic E-state index is 0.0312. The fourth-order valence-electron chi connectivity index (χ4n) is 4.52. The molecule has 4 aromatic rings. The summed E-state index contributed by atoms with van der Waals surface area (Å²) in [5.41, 5.74) is 4.18. The summed E-state index contributed by atoms with van der Waals surface area (Å²) in [4.78, 5) is 31.2. The maximum Gasteiger partial charge on any atom is 0.169 e. The number of piperidine rings is 1. The summed E-state index contributed by atoms with van der Waals surface area (Å²) < 4.78 is 1.77. The number of carbonyl (C=O) groups is 1. The third kappa shape index (κ3) is 4.68. The van der Waals surface area contributed by atoms with Crippen LogP contribution < -0.4 is 4.90 Å². The molecule has 0 radical (unpaired) electrons. The molecule has 8 heteroatoms. The van der Waals surface area contributed by atoms with Gasteiger partial charge >= 0.3 is 0 Å². The highest BCUT2D eigenvalue weighted by atomic mass is 16.1. The van der Waals surface area contributed by atoms with Crippen LogP contribution in [-0.4, -0.2) is 68.6 Å².